The maximum absolute atomic E-state index is 5.03. The molecule has 4 aromatic heterocycles. The Hall–Kier alpha value is -6.04. The monoisotopic (exact) mass is 646 g/mol. The largest absolute Gasteiger partial charge is 0.331 e. The molecule has 3 aliphatic carbocycles. The van der Waals surface area contributed by atoms with Crippen LogP contribution in [0.1, 0.15) is 60.0 Å². The number of benzene rings is 3. The quantitative estimate of drug-likeness (QED) is 0.0835. The first-order valence-corrected chi connectivity index (χ1v) is 16.9. The van der Waals surface area contributed by atoms with Gasteiger partial charge in [0.2, 0.25) is 11.9 Å². The van der Waals surface area contributed by atoms with Crippen LogP contribution in [0.4, 0.5) is 35.2 Å². The summed E-state index contributed by atoms with van der Waals surface area (Å²) >= 11 is 0. The molecule has 2 fully saturated rings. The standard InChI is InChI=1S/C37H34N12/c1-2-8-24-20-37(19-23(24)7-1,44-35-38-27-11-5-3-9-25(27)33(42-35)40-31-17-29(46-48-31)21-13-14-21)45-36-39-28-12-6-4-10-26(28)34(43-36)41-32-18-30(47-49-32)22-15-16-22/h1-12,17-18,21-22H,13-16,19-20H2,(H3,38,40,42,44,46,48)(H3,39,41,43,45,47,49). The predicted molar refractivity (Wildman–Crippen MR) is 191 cm³/mol. The third-order valence-corrected chi connectivity index (χ3v) is 9.73. The van der Waals surface area contributed by atoms with Crippen molar-refractivity contribution in [1.29, 1.82) is 0 Å². The molecule has 2 saturated carbocycles. The van der Waals surface area contributed by atoms with Crippen LogP contribution in [0.25, 0.3) is 21.8 Å². The van der Waals surface area contributed by atoms with E-state index in [0.29, 0.717) is 48.2 Å². The Morgan fingerprint density at radius 3 is 1.47 bits per heavy atom. The number of hydrogen-bond acceptors (Lipinski definition) is 10. The summed E-state index contributed by atoms with van der Waals surface area (Å²) in [4.78, 5) is 20.0. The number of fused-ring (bicyclic) bond motifs is 3. The van der Waals surface area contributed by atoms with Crippen LogP contribution in [0.3, 0.4) is 0 Å². The van der Waals surface area contributed by atoms with Gasteiger partial charge in [-0.25, -0.2) is 9.97 Å². The van der Waals surface area contributed by atoms with Gasteiger partial charge < -0.3 is 21.3 Å². The van der Waals surface area contributed by atoms with Crippen LogP contribution in [-0.2, 0) is 12.8 Å². The summed E-state index contributed by atoms with van der Waals surface area (Å²) < 4.78 is 0. The van der Waals surface area contributed by atoms with E-state index >= 15 is 0 Å². The van der Waals surface area contributed by atoms with E-state index in [1.54, 1.807) is 0 Å². The first kappa shape index (κ1) is 28.0. The average Bonchev–Trinajstić information content (AvgIpc) is 4.02. The van der Waals surface area contributed by atoms with Crippen LogP contribution in [0.5, 0.6) is 0 Å². The molecular weight excluding hydrogens is 612 g/mol. The highest BCUT2D eigenvalue weighted by Gasteiger charge is 2.39. The molecule has 12 heteroatoms. The van der Waals surface area contributed by atoms with Gasteiger partial charge in [0, 0.05) is 59.0 Å². The van der Waals surface area contributed by atoms with Crippen LogP contribution >= 0.6 is 0 Å². The minimum atomic E-state index is -0.708. The summed E-state index contributed by atoms with van der Waals surface area (Å²) in [5, 5.41) is 31.6. The van der Waals surface area contributed by atoms with Gasteiger partial charge in [-0.15, -0.1) is 0 Å². The van der Waals surface area contributed by atoms with E-state index in [1.807, 2.05) is 48.5 Å². The fourth-order valence-corrected chi connectivity index (χ4v) is 6.96. The number of rotatable bonds is 10. The molecule has 10 rings (SSSR count). The van der Waals surface area contributed by atoms with E-state index in [9.17, 15) is 0 Å². The number of nitrogens with zero attached hydrogens (tertiary/aromatic N) is 6. The van der Waals surface area contributed by atoms with Gasteiger partial charge in [-0.1, -0.05) is 48.5 Å². The molecule has 0 spiro atoms. The molecule has 4 heterocycles. The molecule has 6 N–H and O–H groups in total. The zero-order valence-electron chi connectivity index (χ0n) is 26.7. The van der Waals surface area contributed by atoms with Crippen LogP contribution in [0.15, 0.2) is 84.9 Å². The third-order valence-electron chi connectivity index (χ3n) is 9.73. The number of hydrogen-bond donors (Lipinski definition) is 6. The molecular formula is C37H34N12. The first-order chi connectivity index (χ1) is 24.1. The van der Waals surface area contributed by atoms with Crippen molar-refractivity contribution in [1.82, 2.24) is 40.3 Å². The van der Waals surface area contributed by atoms with E-state index in [0.717, 1.165) is 44.8 Å². The molecule has 12 nitrogen and oxygen atoms in total. The lowest BCUT2D eigenvalue weighted by Gasteiger charge is -2.32. The van der Waals surface area contributed by atoms with Crippen LogP contribution in [0, 0.1) is 0 Å². The fourth-order valence-electron chi connectivity index (χ4n) is 6.96. The van der Waals surface area contributed by atoms with E-state index in [1.165, 1.54) is 36.8 Å². The number of aromatic amines is 2. The Morgan fingerprint density at radius 1 is 0.551 bits per heavy atom. The molecule has 0 atom stereocenters. The molecule has 0 aliphatic heterocycles. The maximum atomic E-state index is 5.03. The van der Waals surface area contributed by atoms with E-state index in [2.05, 4.69) is 78.1 Å². The summed E-state index contributed by atoms with van der Waals surface area (Å²) in [6.45, 7) is 0. The highest BCUT2D eigenvalue weighted by molar-refractivity contribution is 5.92. The number of para-hydroxylation sites is 2. The normalized spacial score (nSPS) is 16.5. The molecule has 0 bridgehead atoms. The molecule has 3 aromatic carbocycles. The van der Waals surface area contributed by atoms with Crippen molar-refractivity contribution in [2.75, 3.05) is 21.3 Å². The number of aromatic nitrogens is 8. The molecule has 49 heavy (non-hydrogen) atoms. The van der Waals surface area contributed by atoms with E-state index < -0.39 is 5.66 Å². The Kier molecular flexibility index (Phi) is 6.30. The van der Waals surface area contributed by atoms with E-state index in [-0.39, 0.29) is 0 Å². The lowest BCUT2D eigenvalue weighted by Crippen LogP contribution is -2.48. The van der Waals surface area contributed by atoms with Gasteiger partial charge in [-0.2, -0.15) is 20.2 Å². The van der Waals surface area contributed by atoms with Crippen LogP contribution in [-0.4, -0.2) is 46.0 Å². The second kappa shape index (κ2) is 11.0. The summed E-state index contributed by atoms with van der Waals surface area (Å²) in [5.74, 6) is 4.98. The molecule has 242 valence electrons. The van der Waals surface area contributed by atoms with Crippen molar-refractivity contribution in [3.05, 3.63) is 107 Å². The van der Waals surface area contributed by atoms with Gasteiger partial charge in [0.1, 0.15) is 17.3 Å². The Labute approximate surface area is 281 Å². The summed E-state index contributed by atoms with van der Waals surface area (Å²) in [6.07, 6.45) is 6.16. The van der Waals surface area contributed by atoms with Crippen molar-refractivity contribution < 1.29 is 0 Å². The highest BCUT2D eigenvalue weighted by Crippen LogP contribution is 2.41. The number of nitrogens with one attached hydrogen (secondary N) is 6. The number of anilines is 6. The van der Waals surface area contributed by atoms with Crippen LogP contribution in [0.2, 0.25) is 0 Å². The number of H-pyrrole nitrogens is 2. The summed E-state index contributed by atoms with van der Waals surface area (Å²) in [6, 6.07) is 28.7. The smallest absolute Gasteiger partial charge is 0.227 e. The Balaban J connectivity index is 1.02. The minimum absolute atomic E-state index is 0.489. The third kappa shape index (κ3) is 5.44. The lowest BCUT2D eigenvalue weighted by molar-refractivity contribution is 0.552. The van der Waals surface area contributed by atoms with Gasteiger partial charge in [-0.05, 0) is 61.1 Å². The average molecular weight is 647 g/mol. The zero-order chi connectivity index (χ0) is 32.4. The second-order valence-corrected chi connectivity index (χ2v) is 13.5. The van der Waals surface area contributed by atoms with Crippen molar-refractivity contribution in [3.63, 3.8) is 0 Å². The van der Waals surface area contributed by atoms with Crippen molar-refractivity contribution in [3.8, 4) is 0 Å². The molecule has 0 radical (unpaired) electrons. The Morgan fingerprint density at radius 2 is 1.00 bits per heavy atom. The highest BCUT2D eigenvalue weighted by atomic mass is 15.3. The van der Waals surface area contributed by atoms with Gasteiger partial charge in [0.25, 0.3) is 0 Å². The van der Waals surface area contributed by atoms with Gasteiger partial charge in [0.15, 0.2) is 11.6 Å². The Bertz CT molecular complexity index is 2190. The molecule has 7 aromatic rings. The second-order valence-electron chi connectivity index (χ2n) is 13.5. The van der Waals surface area contributed by atoms with Crippen molar-refractivity contribution >= 4 is 57.0 Å². The van der Waals surface area contributed by atoms with Gasteiger partial charge in [-0.3, -0.25) is 10.2 Å². The van der Waals surface area contributed by atoms with Gasteiger partial charge in [0.05, 0.1) is 11.0 Å². The topological polar surface area (TPSA) is 157 Å². The van der Waals surface area contributed by atoms with Crippen LogP contribution < -0.4 is 21.3 Å². The molecule has 3 aliphatic rings. The summed E-state index contributed by atoms with van der Waals surface area (Å²) in [7, 11) is 0. The molecule has 0 amide bonds. The lowest BCUT2D eigenvalue weighted by atomic mass is 10.1. The zero-order valence-corrected chi connectivity index (χ0v) is 26.7. The van der Waals surface area contributed by atoms with Gasteiger partial charge >= 0.3 is 0 Å². The molecule has 0 unspecified atom stereocenters. The first-order valence-electron chi connectivity index (χ1n) is 16.9. The SMILES string of the molecule is c1ccc2c(c1)CC(Nc1nc(Nc3cc(C4CC4)[nH]n3)c3ccccc3n1)(Nc1nc(Nc3cc(C4CC4)[nH]n3)c3ccccc3n1)C2. The van der Waals surface area contributed by atoms with E-state index in [4.69, 9.17) is 19.9 Å². The molecule has 0 saturated heterocycles. The van der Waals surface area contributed by atoms with Crippen molar-refractivity contribution in [2.45, 2.75) is 56.0 Å². The minimum Gasteiger partial charge on any atom is -0.331 e. The van der Waals surface area contributed by atoms with Crippen molar-refractivity contribution in [2.24, 2.45) is 0 Å². The predicted octanol–water partition coefficient (Wildman–Crippen LogP) is 7.28. The summed E-state index contributed by atoms with van der Waals surface area (Å²) in [5.41, 5.74) is 5.74. The fraction of sp³-hybridized carbons (Fsp3) is 0.243. The maximum Gasteiger partial charge on any atom is 0.227 e.